The molecule has 0 amide bonds. The third kappa shape index (κ3) is 6.42. The molecule has 1 heteroatoms. The summed E-state index contributed by atoms with van der Waals surface area (Å²) in [5.41, 5.74) is 0.392. The maximum absolute atomic E-state index is 9.95. The molecule has 0 spiro atoms. The van der Waals surface area contributed by atoms with Crippen LogP contribution in [-0.2, 0) is 0 Å². The van der Waals surface area contributed by atoms with Crippen LogP contribution < -0.4 is 0 Å². The summed E-state index contributed by atoms with van der Waals surface area (Å²) >= 11 is 0. The van der Waals surface area contributed by atoms with Crippen LogP contribution >= 0.6 is 0 Å². The molecule has 0 bridgehead atoms. The van der Waals surface area contributed by atoms with E-state index in [0.717, 1.165) is 6.42 Å². The third-order valence-electron chi connectivity index (χ3n) is 2.59. The number of aliphatic hydroxyl groups excluding tert-OH is 1. The first-order valence-electron chi connectivity index (χ1n) is 5.70. The molecule has 0 fully saturated rings. The molecule has 0 aliphatic heterocycles. The monoisotopic (exact) mass is 200 g/mol. The van der Waals surface area contributed by atoms with Gasteiger partial charge in [-0.15, -0.1) is 0 Å². The van der Waals surface area contributed by atoms with E-state index in [4.69, 9.17) is 0 Å². The molecule has 0 heterocycles. The molecular weight excluding hydrogens is 172 g/mol. The molecule has 0 saturated carbocycles. The second-order valence-corrected chi connectivity index (χ2v) is 6.99. The Morgan fingerprint density at radius 1 is 1.00 bits per heavy atom. The highest BCUT2D eigenvalue weighted by molar-refractivity contribution is 4.76. The van der Waals surface area contributed by atoms with Crippen molar-refractivity contribution in [2.45, 2.75) is 67.4 Å². The number of aliphatic hydroxyl groups is 1. The van der Waals surface area contributed by atoms with Crippen LogP contribution in [0.5, 0.6) is 0 Å². The van der Waals surface area contributed by atoms with Crippen molar-refractivity contribution in [3.63, 3.8) is 0 Å². The smallest absolute Gasteiger partial charge is 0.0591 e. The Bertz CT molecular complexity index is 159. The van der Waals surface area contributed by atoms with Crippen molar-refractivity contribution in [2.75, 3.05) is 0 Å². The largest absolute Gasteiger partial charge is 0.393 e. The van der Waals surface area contributed by atoms with Crippen LogP contribution in [0.2, 0.25) is 0 Å². The van der Waals surface area contributed by atoms with Gasteiger partial charge in [-0.05, 0) is 29.6 Å². The Hall–Kier alpha value is -0.0400. The van der Waals surface area contributed by atoms with Crippen LogP contribution in [0.15, 0.2) is 0 Å². The zero-order chi connectivity index (χ0) is 11.6. The van der Waals surface area contributed by atoms with Gasteiger partial charge in [-0.3, -0.25) is 0 Å². The molecule has 0 saturated heterocycles. The van der Waals surface area contributed by atoms with Crippen LogP contribution in [0, 0.1) is 16.7 Å². The van der Waals surface area contributed by atoms with Gasteiger partial charge < -0.3 is 5.11 Å². The lowest BCUT2D eigenvalue weighted by molar-refractivity contribution is 0.0379. The Labute approximate surface area is 89.9 Å². The quantitative estimate of drug-likeness (QED) is 0.733. The van der Waals surface area contributed by atoms with E-state index in [1.165, 1.54) is 6.42 Å². The van der Waals surface area contributed by atoms with Crippen molar-refractivity contribution in [2.24, 2.45) is 16.7 Å². The van der Waals surface area contributed by atoms with E-state index in [9.17, 15) is 5.11 Å². The van der Waals surface area contributed by atoms with Crippen LogP contribution in [0.3, 0.4) is 0 Å². The normalized spacial score (nSPS) is 18.0. The highest BCUT2D eigenvalue weighted by Gasteiger charge is 2.25. The van der Waals surface area contributed by atoms with Gasteiger partial charge in [0.05, 0.1) is 6.10 Å². The molecule has 0 rings (SSSR count). The summed E-state index contributed by atoms with van der Waals surface area (Å²) in [7, 11) is 0. The van der Waals surface area contributed by atoms with Crippen LogP contribution in [-0.4, -0.2) is 11.2 Å². The first-order chi connectivity index (χ1) is 6.02. The van der Waals surface area contributed by atoms with Gasteiger partial charge >= 0.3 is 0 Å². The molecule has 0 aromatic rings. The maximum Gasteiger partial charge on any atom is 0.0591 e. The third-order valence-corrected chi connectivity index (χ3v) is 2.59. The van der Waals surface area contributed by atoms with Gasteiger partial charge in [-0.2, -0.15) is 0 Å². The van der Waals surface area contributed by atoms with Gasteiger partial charge in [0.15, 0.2) is 0 Å². The highest BCUT2D eigenvalue weighted by atomic mass is 16.3. The zero-order valence-corrected chi connectivity index (χ0v) is 11.0. The summed E-state index contributed by atoms with van der Waals surface area (Å²) in [6, 6.07) is 0. The molecule has 0 aliphatic rings. The molecule has 0 aromatic heterocycles. The second kappa shape index (κ2) is 4.65. The Morgan fingerprint density at radius 3 is 1.71 bits per heavy atom. The minimum Gasteiger partial charge on any atom is -0.393 e. The molecule has 86 valence electrons. The Balaban J connectivity index is 4.01. The van der Waals surface area contributed by atoms with Crippen molar-refractivity contribution < 1.29 is 5.11 Å². The molecule has 0 aromatic carbocycles. The van der Waals surface area contributed by atoms with Gasteiger partial charge in [0, 0.05) is 0 Å². The second-order valence-electron chi connectivity index (χ2n) is 6.99. The fourth-order valence-electron chi connectivity index (χ4n) is 1.86. The summed E-state index contributed by atoms with van der Waals surface area (Å²) in [4.78, 5) is 0. The predicted molar refractivity (Wildman–Crippen MR) is 63.3 cm³/mol. The van der Waals surface area contributed by atoms with Crippen molar-refractivity contribution in [1.29, 1.82) is 0 Å². The summed E-state index contributed by atoms with van der Waals surface area (Å²) in [6.45, 7) is 15.3. The summed E-state index contributed by atoms with van der Waals surface area (Å²) in [6.07, 6.45) is 1.92. The lowest BCUT2D eigenvalue weighted by Gasteiger charge is -2.30. The van der Waals surface area contributed by atoms with E-state index in [-0.39, 0.29) is 11.5 Å². The fraction of sp³-hybridized carbons (Fsp3) is 1.00. The van der Waals surface area contributed by atoms with Crippen molar-refractivity contribution in [1.82, 2.24) is 0 Å². The molecule has 0 radical (unpaired) electrons. The first-order valence-corrected chi connectivity index (χ1v) is 5.70. The molecule has 14 heavy (non-hydrogen) atoms. The summed E-state index contributed by atoms with van der Waals surface area (Å²) in [5.74, 6) is 0.601. The fourth-order valence-corrected chi connectivity index (χ4v) is 1.86. The van der Waals surface area contributed by atoms with E-state index in [2.05, 4.69) is 48.5 Å². The van der Waals surface area contributed by atoms with Crippen molar-refractivity contribution in [3.05, 3.63) is 0 Å². The molecule has 2 unspecified atom stereocenters. The van der Waals surface area contributed by atoms with Gasteiger partial charge in [0.25, 0.3) is 0 Å². The standard InChI is InChI=1S/C13H28O/c1-10(9-12(2,3)4)8-11(14)13(5,6)7/h10-11,14H,8-9H2,1-7H3. The summed E-state index contributed by atoms with van der Waals surface area (Å²) < 4.78 is 0. The Kier molecular flexibility index (Phi) is 4.64. The molecule has 1 N–H and O–H groups in total. The zero-order valence-electron chi connectivity index (χ0n) is 11.0. The van der Waals surface area contributed by atoms with Gasteiger partial charge in [0.2, 0.25) is 0 Å². The highest BCUT2D eigenvalue weighted by Crippen LogP contribution is 2.30. The topological polar surface area (TPSA) is 20.2 Å². The SMILES string of the molecule is CC(CC(O)C(C)(C)C)CC(C)(C)C. The minimum atomic E-state index is -0.181. The number of hydrogen-bond donors (Lipinski definition) is 1. The predicted octanol–water partition coefficient (Wildman–Crippen LogP) is 3.86. The average molecular weight is 200 g/mol. The molecule has 0 aliphatic carbocycles. The maximum atomic E-state index is 9.95. The van der Waals surface area contributed by atoms with E-state index in [1.54, 1.807) is 0 Å². The number of rotatable bonds is 3. The average Bonchev–Trinajstić information content (AvgIpc) is 1.79. The van der Waals surface area contributed by atoms with Crippen molar-refractivity contribution >= 4 is 0 Å². The molecule has 2 atom stereocenters. The van der Waals surface area contributed by atoms with Crippen LogP contribution in [0.1, 0.15) is 61.3 Å². The van der Waals surface area contributed by atoms with E-state index >= 15 is 0 Å². The van der Waals surface area contributed by atoms with E-state index in [1.807, 2.05) is 0 Å². The van der Waals surface area contributed by atoms with Gasteiger partial charge in [-0.1, -0.05) is 48.5 Å². The van der Waals surface area contributed by atoms with Crippen LogP contribution in [0.25, 0.3) is 0 Å². The lowest BCUT2D eigenvalue weighted by atomic mass is 9.78. The van der Waals surface area contributed by atoms with Crippen molar-refractivity contribution in [3.8, 4) is 0 Å². The lowest BCUT2D eigenvalue weighted by Crippen LogP contribution is -2.28. The van der Waals surface area contributed by atoms with Gasteiger partial charge in [-0.25, -0.2) is 0 Å². The minimum absolute atomic E-state index is 0.0200. The summed E-state index contributed by atoms with van der Waals surface area (Å²) in [5, 5.41) is 9.95. The van der Waals surface area contributed by atoms with Gasteiger partial charge in [0.1, 0.15) is 0 Å². The molecule has 1 nitrogen and oxygen atoms in total. The Morgan fingerprint density at radius 2 is 1.43 bits per heavy atom. The van der Waals surface area contributed by atoms with Crippen LogP contribution in [0.4, 0.5) is 0 Å². The molecular formula is C13H28O. The number of hydrogen-bond acceptors (Lipinski definition) is 1. The first kappa shape index (κ1) is 14.0. The van der Waals surface area contributed by atoms with E-state index in [0.29, 0.717) is 11.3 Å². The van der Waals surface area contributed by atoms with E-state index < -0.39 is 0 Å².